The number of hydrogen-bond acceptors (Lipinski definition) is 5. The number of aromatic nitrogens is 1. The van der Waals surface area contributed by atoms with E-state index in [1.165, 1.54) is 13.0 Å². The Balaban J connectivity index is 1.41. The lowest BCUT2D eigenvalue weighted by molar-refractivity contribution is 0.0444. The first-order valence-electron chi connectivity index (χ1n) is 9.95. The number of Topliss-reactive ketones (excluding diaryl/α,β-unsaturated/α-hetero) is 2. The summed E-state index contributed by atoms with van der Waals surface area (Å²) in [5.41, 5.74) is 3.91. The lowest BCUT2D eigenvalue weighted by atomic mass is 10.1. The predicted octanol–water partition coefficient (Wildman–Crippen LogP) is 4.94. The van der Waals surface area contributed by atoms with Gasteiger partial charge in [0.1, 0.15) is 5.76 Å². The molecule has 0 atom stereocenters. The molecule has 0 bridgehead atoms. The maximum atomic E-state index is 12.6. The Morgan fingerprint density at radius 1 is 1.07 bits per heavy atom. The van der Waals surface area contributed by atoms with Gasteiger partial charge in [0, 0.05) is 34.1 Å². The zero-order valence-corrected chi connectivity index (χ0v) is 17.2. The van der Waals surface area contributed by atoms with Gasteiger partial charge >= 0.3 is 5.97 Å². The number of ketones is 2. The second kappa shape index (κ2) is 7.78. The molecule has 0 saturated heterocycles. The van der Waals surface area contributed by atoms with E-state index in [4.69, 9.17) is 9.15 Å². The molecule has 2 heterocycles. The quantitative estimate of drug-likeness (QED) is 0.411. The molecule has 0 unspecified atom stereocenters. The Morgan fingerprint density at radius 3 is 2.40 bits per heavy atom. The van der Waals surface area contributed by atoms with Crippen molar-refractivity contribution in [3.05, 3.63) is 70.7 Å². The topological polar surface area (TPSA) is 78.5 Å². The van der Waals surface area contributed by atoms with Crippen molar-refractivity contribution in [1.29, 1.82) is 0 Å². The number of nitrogens with zero attached hydrogens (tertiary/aromatic N) is 1. The fourth-order valence-electron chi connectivity index (χ4n) is 3.71. The number of aryl methyl sites for hydroxylation is 1. The van der Waals surface area contributed by atoms with E-state index in [-0.39, 0.29) is 23.9 Å². The van der Waals surface area contributed by atoms with Gasteiger partial charge in [-0.25, -0.2) is 4.79 Å². The fourth-order valence-corrected chi connectivity index (χ4v) is 3.71. The van der Waals surface area contributed by atoms with Crippen molar-refractivity contribution < 1.29 is 23.5 Å². The fraction of sp³-hybridized carbons (Fsp3) is 0.292. The highest BCUT2D eigenvalue weighted by molar-refractivity contribution is 6.00. The minimum atomic E-state index is -0.689. The molecule has 0 aliphatic heterocycles. The van der Waals surface area contributed by atoms with Gasteiger partial charge in [0.15, 0.2) is 12.4 Å². The van der Waals surface area contributed by atoms with Crippen LogP contribution in [0.5, 0.6) is 0 Å². The van der Waals surface area contributed by atoms with Crippen LogP contribution >= 0.6 is 0 Å². The zero-order chi connectivity index (χ0) is 21.4. The van der Waals surface area contributed by atoms with Crippen LogP contribution in [0.4, 0.5) is 0 Å². The maximum Gasteiger partial charge on any atom is 0.374 e. The first-order chi connectivity index (χ1) is 14.3. The molecule has 4 rings (SSSR count). The Kier molecular flexibility index (Phi) is 5.16. The van der Waals surface area contributed by atoms with Crippen molar-refractivity contribution in [1.82, 2.24) is 4.57 Å². The summed E-state index contributed by atoms with van der Waals surface area (Å²) in [7, 11) is 0. The Morgan fingerprint density at radius 2 is 1.77 bits per heavy atom. The van der Waals surface area contributed by atoms with Crippen LogP contribution in [-0.4, -0.2) is 28.7 Å². The van der Waals surface area contributed by atoms with Crippen molar-refractivity contribution in [2.75, 3.05) is 6.61 Å². The SMILES string of the molecule is CC(=O)c1ccc(-c2ccc(C(=O)OCC(=O)c3cc(C)n(C4CC4)c3C)o2)cc1. The van der Waals surface area contributed by atoms with Gasteiger partial charge in [-0.3, -0.25) is 9.59 Å². The molecule has 6 nitrogen and oxygen atoms in total. The third kappa shape index (κ3) is 3.85. The molecular weight excluding hydrogens is 382 g/mol. The summed E-state index contributed by atoms with van der Waals surface area (Å²) in [6, 6.07) is 12.4. The molecule has 1 fully saturated rings. The van der Waals surface area contributed by atoms with Crippen molar-refractivity contribution in [3.8, 4) is 11.3 Å². The van der Waals surface area contributed by atoms with Crippen molar-refractivity contribution in [2.45, 2.75) is 39.7 Å². The Bertz CT molecular complexity index is 1130. The molecular formula is C24H23NO5. The van der Waals surface area contributed by atoms with Gasteiger partial charge in [0.05, 0.1) is 0 Å². The highest BCUT2D eigenvalue weighted by Crippen LogP contribution is 2.38. The van der Waals surface area contributed by atoms with Gasteiger partial charge in [-0.05, 0) is 51.8 Å². The van der Waals surface area contributed by atoms with Crippen molar-refractivity contribution in [3.63, 3.8) is 0 Å². The average molecular weight is 405 g/mol. The van der Waals surface area contributed by atoms with Gasteiger partial charge in [0.25, 0.3) is 0 Å². The van der Waals surface area contributed by atoms with Gasteiger partial charge in [-0.15, -0.1) is 0 Å². The summed E-state index contributed by atoms with van der Waals surface area (Å²) in [5.74, 6) is -0.429. The Hall–Kier alpha value is -3.41. The van der Waals surface area contributed by atoms with E-state index in [0.717, 1.165) is 29.8 Å². The van der Waals surface area contributed by atoms with E-state index in [1.54, 1.807) is 30.3 Å². The maximum absolute atomic E-state index is 12.6. The number of hydrogen-bond donors (Lipinski definition) is 0. The second-order valence-electron chi connectivity index (χ2n) is 7.68. The summed E-state index contributed by atoms with van der Waals surface area (Å²) < 4.78 is 13.0. The molecule has 0 spiro atoms. The number of carbonyl (C=O) groups excluding carboxylic acids is 3. The third-order valence-corrected chi connectivity index (χ3v) is 5.41. The summed E-state index contributed by atoms with van der Waals surface area (Å²) in [5, 5.41) is 0. The van der Waals surface area contributed by atoms with Gasteiger partial charge in [-0.2, -0.15) is 0 Å². The van der Waals surface area contributed by atoms with Crippen LogP contribution in [0.3, 0.4) is 0 Å². The number of benzene rings is 1. The van der Waals surface area contributed by atoms with E-state index in [9.17, 15) is 14.4 Å². The number of furan rings is 1. The van der Waals surface area contributed by atoms with Crippen LogP contribution in [0.2, 0.25) is 0 Å². The number of carbonyl (C=O) groups is 3. The first kappa shape index (κ1) is 19.9. The molecule has 3 aromatic rings. The van der Waals surface area contributed by atoms with Crippen molar-refractivity contribution >= 4 is 17.5 Å². The summed E-state index contributed by atoms with van der Waals surface area (Å²) in [6.07, 6.45) is 2.27. The molecule has 6 heteroatoms. The summed E-state index contributed by atoms with van der Waals surface area (Å²) in [6.45, 7) is 5.08. The van der Waals surface area contributed by atoms with E-state index < -0.39 is 5.97 Å². The lowest BCUT2D eigenvalue weighted by Gasteiger charge is -2.07. The third-order valence-electron chi connectivity index (χ3n) is 5.41. The van der Waals surface area contributed by atoms with Crippen LogP contribution < -0.4 is 0 Å². The van der Waals surface area contributed by atoms with E-state index in [1.807, 2.05) is 19.9 Å². The molecule has 0 N–H and O–H groups in total. The highest BCUT2D eigenvalue weighted by atomic mass is 16.5. The van der Waals surface area contributed by atoms with E-state index >= 15 is 0 Å². The minimum Gasteiger partial charge on any atom is -0.451 e. The molecule has 0 radical (unpaired) electrons. The molecule has 1 aliphatic carbocycles. The number of rotatable bonds is 7. The largest absolute Gasteiger partial charge is 0.451 e. The van der Waals surface area contributed by atoms with E-state index in [2.05, 4.69) is 4.57 Å². The molecule has 1 aromatic carbocycles. The minimum absolute atomic E-state index is 0.0205. The van der Waals surface area contributed by atoms with Crippen LogP contribution in [0, 0.1) is 13.8 Å². The van der Waals surface area contributed by atoms with Gasteiger partial charge in [-0.1, -0.05) is 24.3 Å². The zero-order valence-electron chi connectivity index (χ0n) is 17.2. The monoisotopic (exact) mass is 405 g/mol. The molecule has 154 valence electrons. The van der Waals surface area contributed by atoms with E-state index in [0.29, 0.717) is 22.9 Å². The van der Waals surface area contributed by atoms with Crippen LogP contribution in [0.1, 0.15) is 68.5 Å². The molecule has 1 aliphatic rings. The van der Waals surface area contributed by atoms with Crippen LogP contribution in [0.25, 0.3) is 11.3 Å². The van der Waals surface area contributed by atoms with Gasteiger partial charge < -0.3 is 13.7 Å². The summed E-state index contributed by atoms with van der Waals surface area (Å²) >= 11 is 0. The number of ether oxygens (including phenoxy) is 1. The average Bonchev–Trinajstić information content (AvgIpc) is 3.34. The van der Waals surface area contributed by atoms with Gasteiger partial charge in [0.2, 0.25) is 11.5 Å². The molecule has 2 aromatic heterocycles. The smallest absolute Gasteiger partial charge is 0.374 e. The van der Waals surface area contributed by atoms with Crippen LogP contribution in [0.15, 0.2) is 46.9 Å². The molecule has 0 amide bonds. The second-order valence-corrected chi connectivity index (χ2v) is 7.68. The normalized spacial score (nSPS) is 13.3. The number of esters is 1. The highest BCUT2D eigenvalue weighted by Gasteiger charge is 2.28. The molecule has 30 heavy (non-hydrogen) atoms. The summed E-state index contributed by atoms with van der Waals surface area (Å²) in [4.78, 5) is 36.3. The standard InChI is InChI=1S/C24H23NO5/c1-14-12-20(15(2)25(14)19-8-9-19)21(27)13-29-24(28)23-11-10-22(30-23)18-6-4-17(5-7-18)16(3)26/h4-7,10-12,19H,8-9,13H2,1-3H3. The molecule has 1 saturated carbocycles. The lowest BCUT2D eigenvalue weighted by Crippen LogP contribution is -2.14. The predicted molar refractivity (Wildman–Crippen MR) is 111 cm³/mol. The van der Waals surface area contributed by atoms with Crippen molar-refractivity contribution in [2.24, 2.45) is 0 Å². The van der Waals surface area contributed by atoms with Crippen LogP contribution in [-0.2, 0) is 4.74 Å². The Labute approximate surface area is 174 Å². The first-order valence-corrected chi connectivity index (χ1v) is 9.95.